The summed E-state index contributed by atoms with van der Waals surface area (Å²) in [5.41, 5.74) is 2.13. The molecule has 0 unspecified atom stereocenters. The molecule has 0 atom stereocenters. The van der Waals surface area contributed by atoms with E-state index in [1.54, 1.807) is 29.2 Å². The van der Waals surface area contributed by atoms with Crippen LogP contribution in [0.2, 0.25) is 0 Å². The SMILES string of the molecule is N#CC(C#N)=C1C(=O)N(Cc2ccc3c(c2)OCO3)c2ccccc21. The molecule has 0 saturated carbocycles. The number of carbonyl (C=O) groups excluding carboxylic acids is 1. The number of anilines is 1. The van der Waals surface area contributed by atoms with Crippen LogP contribution in [0, 0.1) is 22.7 Å². The quantitative estimate of drug-likeness (QED) is 0.624. The maximum atomic E-state index is 12.9. The summed E-state index contributed by atoms with van der Waals surface area (Å²) in [5.74, 6) is 0.966. The third-order valence-electron chi connectivity index (χ3n) is 4.17. The lowest BCUT2D eigenvalue weighted by Gasteiger charge is -2.17. The number of carbonyl (C=O) groups is 1. The number of rotatable bonds is 2. The van der Waals surface area contributed by atoms with Gasteiger partial charge >= 0.3 is 0 Å². The number of nitrogens with zero attached hydrogens (tertiary/aromatic N) is 3. The zero-order valence-electron chi connectivity index (χ0n) is 13.0. The highest BCUT2D eigenvalue weighted by Crippen LogP contribution is 2.40. The van der Waals surface area contributed by atoms with Gasteiger partial charge in [0.25, 0.3) is 5.91 Å². The van der Waals surface area contributed by atoms with Crippen LogP contribution in [-0.2, 0) is 11.3 Å². The molecule has 0 bridgehead atoms. The molecule has 6 nitrogen and oxygen atoms in total. The van der Waals surface area contributed by atoms with E-state index in [4.69, 9.17) is 9.47 Å². The van der Waals surface area contributed by atoms with Crippen LogP contribution >= 0.6 is 0 Å². The predicted octanol–water partition coefficient (Wildman–Crippen LogP) is 2.76. The zero-order chi connectivity index (χ0) is 17.4. The van der Waals surface area contributed by atoms with Crippen LogP contribution in [-0.4, -0.2) is 12.7 Å². The molecule has 4 rings (SSSR count). The van der Waals surface area contributed by atoms with Gasteiger partial charge in [-0.1, -0.05) is 24.3 Å². The number of fused-ring (bicyclic) bond motifs is 2. The molecular formula is C19H11N3O3. The fourth-order valence-electron chi connectivity index (χ4n) is 3.04. The van der Waals surface area contributed by atoms with E-state index < -0.39 is 0 Å². The molecule has 0 fully saturated rings. The molecule has 2 heterocycles. The molecule has 0 radical (unpaired) electrons. The lowest BCUT2D eigenvalue weighted by atomic mass is 10.0. The minimum Gasteiger partial charge on any atom is -0.454 e. The van der Waals surface area contributed by atoms with Crippen LogP contribution in [0.5, 0.6) is 11.5 Å². The van der Waals surface area contributed by atoms with Gasteiger partial charge in [0.15, 0.2) is 11.5 Å². The second-order valence-electron chi connectivity index (χ2n) is 5.57. The summed E-state index contributed by atoms with van der Waals surface area (Å²) in [6.45, 7) is 0.491. The van der Waals surface area contributed by atoms with Crippen molar-refractivity contribution in [2.45, 2.75) is 6.54 Å². The molecule has 0 saturated heterocycles. The Bertz CT molecular complexity index is 995. The molecule has 2 aliphatic rings. The zero-order valence-corrected chi connectivity index (χ0v) is 13.0. The van der Waals surface area contributed by atoms with Crippen molar-refractivity contribution >= 4 is 17.2 Å². The molecule has 1 amide bonds. The number of ether oxygens (including phenoxy) is 2. The molecule has 0 spiro atoms. The molecule has 25 heavy (non-hydrogen) atoms. The summed E-state index contributed by atoms with van der Waals surface area (Å²) >= 11 is 0. The molecule has 6 heteroatoms. The number of allylic oxidation sites excluding steroid dienone is 1. The number of para-hydroxylation sites is 1. The second kappa shape index (κ2) is 5.70. The first-order valence-corrected chi connectivity index (χ1v) is 7.57. The lowest BCUT2D eigenvalue weighted by molar-refractivity contribution is -0.113. The van der Waals surface area contributed by atoms with Gasteiger partial charge in [-0.15, -0.1) is 0 Å². The van der Waals surface area contributed by atoms with Crippen molar-refractivity contribution in [1.82, 2.24) is 0 Å². The van der Waals surface area contributed by atoms with Gasteiger partial charge in [0, 0.05) is 5.56 Å². The van der Waals surface area contributed by atoms with Gasteiger partial charge in [-0.2, -0.15) is 10.5 Å². The van der Waals surface area contributed by atoms with Crippen LogP contribution in [0.3, 0.4) is 0 Å². The van der Waals surface area contributed by atoms with E-state index in [1.165, 1.54) is 0 Å². The normalized spacial score (nSPS) is 14.1. The van der Waals surface area contributed by atoms with Crippen molar-refractivity contribution in [3.8, 4) is 23.6 Å². The largest absolute Gasteiger partial charge is 0.454 e. The molecule has 0 aromatic heterocycles. The van der Waals surface area contributed by atoms with E-state index in [9.17, 15) is 15.3 Å². The summed E-state index contributed by atoms with van der Waals surface area (Å²) in [4.78, 5) is 14.4. The summed E-state index contributed by atoms with van der Waals surface area (Å²) in [7, 11) is 0. The van der Waals surface area contributed by atoms with E-state index in [1.807, 2.05) is 30.3 Å². The Morgan fingerprint density at radius 3 is 2.64 bits per heavy atom. The highest BCUT2D eigenvalue weighted by molar-refractivity contribution is 6.34. The van der Waals surface area contributed by atoms with E-state index in [0.29, 0.717) is 29.3 Å². The average molecular weight is 329 g/mol. The summed E-state index contributed by atoms with van der Waals surface area (Å²) < 4.78 is 10.7. The first kappa shape index (κ1) is 14.8. The average Bonchev–Trinajstić information content (AvgIpc) is 3.21. The Morgan fingerprint density at radius 1 is 1.08 bits per heavy atom. The van der Waals surface area contributed by atoms with Gasteiger partial charge in [-0.05, 0) is 23.8 Å². The van der Waals surface area contributed by atoms with Crippen LogP contribution in [0.4, 0.5) is 5.69 Å². The molecule has 120 valence electrons. The predicted molar refractivity (Wildman–Crippen MR) is 88.3 cm³/mol. The van der Waals surface area contributed by atoms with E-state index >= 15 is 0 Å². The maximum Gasteiger partial charge on any atom is 0.261 e. The van der Waals surface area contributed by atoms with Crippen molar-refractivity contribution in [2.24, 2.45) is 0 Å². The van der Waals surface area contributed by atoms with Gasteiger partial charge in [0.2, 0.25) is 6.79 Å². The molecule has 2 aliphatic heterocycles. The first-order chi connectivity index (χ1) is 12.2. The summed E-state index contributed by atoms with van der Waals surface area (Å²) in [5, 5.41) is 18.4. The Hall–Kier alpha value is -3.77. The van der Waals surface area contributed by atoms with Gasteiger partial charge in [-0.3, -0.25) is 4.79 Å². The highest BCUT2D eigenvalue weighted by Gasteiger charge is 2.34. The molecule has 0 N–H and O–H groups in total. The van der Waals surface area contributed by atoms with Crippen molar-refractivity contribution in [2.75, 3.05) is 11.7 Å². The van der Waals surface area contributed by atoms with Gasteiger partial charge in [-0.25, -0.2) is 0 Å². The Morgan fingerprint density at radius 2 is 1.84 bits per heavy atom. The van der Waals surface area contributed by atoms with E-state index in [2.05, 4.69) is 0 Å². The third kappa shape index (κ3) is 2.29. The molecule has 2 aromatic rings. The van der Waals surface area contributed by atoms with Crippen molar-refractivity contribution in [3.63, 3.8) is 0 Å². The number of hydrogen-bond donors (Lipinski definition) is 0. The number of benzene rings is 2. The van der Waals surface area contributed by atoms with Gasteiger partial charge in [0.1, 0.15) is 17.7 Å². The standard InChI is InChI=1S/C19H11N3O3/c20-8-13(9-21)18-14-3-1-2-4-15(14)22(19(18)23)10-12-5-6-16-17(7-12)25-11-24-16/h1-7H,10-11H2. The monoisotopic (exact) mass is 329 g/mol. The topological polar surface area (TPSA) is 86.4 Å². The molecule has 0 aliphatic carbocycles. The van der Waals surface area contributed by atoms with E-state index in [-0.39, 0.29) is 23.8 Å². The molecular weight excluding hydrogens is 318 g/mol. The Balaban J connectivity index is 1.76. The maximum absolute atomic E-state index is 12.9. The van der Waals surface area contributed by atoms with Crippen molar-refractivity contribution < 1.29 is 14.3 Å². The fraction of sp³-hybridized carbons (Fsp3) is 0.105. The van der Waals surface area contributed by atoms with E-state index in [0.717, 1.165) is 5.56 Å². The van der Waals surface area contributed by atoms with Crippen LogP contribution in [0.15, 0.2) is 48.0 Å². The Kier molecular flexibility index (Phi) is 3.37. The second-order valence-corrected chi connectivity index (χ2v) is 5.57. The number of nitriles is 2. The van der Waals surface area contributed by atoms with Crippen LogP contribution in [0.25, 0.3) is 5.57 Å². The van der Waals surface area contributed by atoms with Gasteiger partial charge in [0.05, 0.1) is 17.8 Å². The third-order valence-corrected chi connectivity index (χ3v) is 4.17. The van der Waals surface area contributed by atoms with Crippen molar-refractivity contribution in [3.05, 3.63) is 59.2 Å². The van der Waals surface area contributed by atoms with Crippen molar-refractivity contribution in [1.29, 1.82) is 10.5 Å². The smallest absolute Gasteiger partial charge is 0.261 e. The first-order valence-electron chi connectivity index (χ1n) is 7.57. The number of amides is 1. The highest BCUT2D eigenvalue weighted by atomic mass is 16.7. The van der Waals surface area contributed by atoms with Crippen LogP contribution in [0.1, 0.15) is 11.1 Å². The minimum atomic E-state index is -0.350. The fourth-order valence-corrected chi connectivity index (χ4v) is 3.04. The molecule has 2 aromatic carbocycles. The van der Waals surface area contributed by atoms with Crippen LogP contribution < -0.4 is 14.4 Å². The number of hydrogen-bond acceptors (Lipinski definition) is 5. The Labute approximate surface area is 143 Å². The lowest BCUT2D eigenvalue weighted by Crippen LogP contribution is -2.26. The summed E-state index contributed by atoms with van der Waals surface area (Å²) in [6, 6.07) is 16.3. The van der Waals surface area contributed by atoms with Gasteiger partial charge < -0.3 is 14.4 Å². The summed E-state index contributed by atoms with van der Waals surface area (Å²) in [6.07, 6.45) is 0. The minimum absolute atomic E-state index is 0.154.